The molecule has 0 spiro atoms. The summed E-state index contributed by atoms with van der Waals surface area (Å²) >= 11 is 5.66. The number of hydrogen-bond donors (Lipinski definition) is 0. The minimum absolute atomic E-state index is 0.588. The Bertz CT molecular complexity index is 707. The Morgan fingerprint density at radius 2 is 2.00 bits per heavy atom. The van der Waals surface area contributed by atoms with Crippen LogP contribution in [0.2, 0.25) is 0 Å². The largest absolute Gasteiger partial charge is 0.496 e. The number of fused-ring (bicyclic) bond motifs is 1. The van der Waals surface area contributed by atoms with Crippen LogP contribution in [0.15, 0.2) is 51.8 Å². The molecular formula is C21H26BrNOS. The zero-order valence-corrected chi connectivity index (χ0v) is 17.6. The van der Waals surface area contributed by atoms with Crippen molar-refractivity contribution < 1.29 is 4.74 Å². The van der Waals surface area contributed by atoms with E-state index in [1.807, 2.05) is 11.8 Å². The lowest BCUT2D eigenvalue weighted by atomic mass is 9.97. The number of nitrogens with zero attached hydrogens (tertiary/aromatic N) is 1. The first-order valence-corrected chi connectivity index (χ1v) is 10.7. The van der Waals surface area contributed by atoms with Crippen LogP contribution in [0.3, 0.4) is 0 Å². The van der Waals surface area contributed by atoms with Gasteiger partial charge in [0, 0.05) is 22.4 Å². The van der Waals surface area contributed by atoms with Gasteiger partial charge in [0.25, 0.3) is 0 Å². The zero-order chi connectivity index (χ0) is 17.8. The van der Waals surface area contributed by atoms with Gasteiger partial charge in [0.1, 0.15) is 5.75 Å². The fourth-order valence-corrected chi connectivity index (χ4v) is 5.18. The third kappa shape index (κ3) is 4.17. The van der Waals surface area contributed by atoms with Crippen LogP contribution in [0.5, 0.6) is 5.75 Å². The topological polar surface area (TPSA) is 12.5 Å². The van der Waals surface area contributed by atoms with Crippen LogP contribution in [-0.4, -0.2) is 18.9 Å². The number of halogens is 1. The fraction of sp³-hybridized carbons (Fsp3) is 0.429. The van der Waals surface area contributed by atoms with Crippen molar-refractivity contribution in [1.82, 2.24) is 0 Å². The molecule has 0 amide bonds. The lowest BCUT2D eigenvalue weighted by Crippen LogP contribution is -2.28. The standard InChI is InChI=1S/C21H26BrNOS/c1-4-5-9-16-14-23(17-10-7-6-8-11-17)19-12-18(22)20(24-3)13-21(19)25-15(16)2/h6-8,10-13,15-16H,4-5,9,14H2,1-3H3. The Kier molecular flexibility index (Phi) is 6.34. The van der Waals surface area contributed by atoms with Crippen molar-refractivity contribution in [2.24, 2.45) is 5.92 Å². The van der Waals surface area contributed by atoms with Crippen LogP contribution in [0, 0.1) is 5.92 Å². The van der Waals surface area contributed by atoms with Gasteiger partial charge < -0.3 is 9.64 Å². The summed E-state index contributed by atoms with van der Waals surface area (Å²) in [5.41, 5.74) is 2.53. The number of ether oxygens (including phenoxy) is 1. The van der Waals surface area contributed by atoms with Crippen molar-refractivity contribution in [3.05, 3.63) is 46.9 Å². The van der Waals surface area contributed by atoms with E-state index in [1.54, 1.807) is 7.11 Å². The highest BCUT2D eigenvalue weighted by Crippen LogP contribution is 2.47. The lowest BCUT2D eigenvalue weighted by Gasteiger charge is -2.29. The Hall–Kier alpha value is -1.13. The van der Waals surface area contributed by atoms with Crippen LogP contribution in [0.1, 0.15) is 33.1 Å². The molecule has 0 aromatic heterocycles. The molecule has 0 saturated carbocycles. The van der Waals surface area contributed by atoms with Crippen LogP contribution in [-0.2, 0) is 0 Å². The maximum Gasteiger partial charge on any atom is 0.134 e. The van der Waals surface area contributed by atoms with Gasteiger partial charge in [-0.1, -0.05) is 44.9 Å². The quantitative estimate of drug-likeness (QED) is 0.522. The highest BCUT2D eigenvalue weighted by atomic mass is 79.9. The highest BCUT2D eigenvalue weighted by molar-refractivity contribution is 9.10. The number of anilines is 2. The summed E-state index contributed by atoms with van der Waals surface area (Å²) in [5, 5.41) is 0.588. The Labute approximate surface area is 164 Å². The molecule has 0 N–H and O–H groups in total. The minimum Gasteiger partial charge on any atom is -0.496 e. The van der Waals surface area contributed by atoms with E-state index in [2.05, 4.69) is 77.1 Å². The van der Waals surface area contributed by atoms with Crippen LogP contribution in [0.25, 0.3) is 0 Å². The van der Waals surface area contributed by atoms with Gasteiger partial charge in [-0.15, -0.1) is 11.8 Å². The molecule has 4 heteroatoms. The van der Waals surface area contributed by atoms with Gasteiger partial charge in [0.05, 0.1) is 17.3 Å². The molecule has 0 bridgehead atoms. The maximum absolute atomic E-state index is 5.54. The number of hydrogen-bond acceptors (Lipinski definition) is 3. The fourth-order valence-electron chi connectivity index (χ4n) is 3.41. The second-order valence-electron chi connectivity index (χ2n) is 6.63. The summed E-state index contributed by atoms with van der Waals surface area (Å²) in [7, 11) is 1.73. The van der Waals surface area contributed by atoms with E-state index in [0.717, 1.165) is 16.8 Å². The number of methoxy groups -OCH3 is 1. The van der Waals surface area contributed by atoms with E-state index in [-0.39, 0.29) is 0 Å². The molecule has 1 aliphatic heterocycles. The molecule has 2 aromatic carbocycles. The summed E-state index contributed by atoms with van der Waals surface area (Å²) in [4.78, 5) is 3.78. The zero-order valence-electron chi connectivity index (χ0n) is 15.2. The summed E-state index contributed by atoms with van der Waals surface area (Å²) in [6.07, 6.45) is 3.83. The van der Waals surface area contributed by atoms with Gasteiger partial charge in [-0.05, 0) is 52.5 Å². The van der Waals surface area contributed by atoms with Crippen molar-refractivity contribution in [3.63, 3.8) is 0 Å². The SMILES string of the molecule is CCCCC1CN(c2ccccc2)c2cc(Br)c(OC)cc2SC1C. The smallest absolute Gasteiger partial charge is 0.134 e. The monoisotopic (exact) mass is 419 g/mol. The second kappa shape index (κ2) is 8.50. The van der Waals surface area contributed by atoms with Crippen molar-refractivity contribution in [2.75, 3.05) is 18.6 Å². The third-order valence-electron chi connectivity index (χ3n) is 4.91. The van der Waals surface area contributed by atoms with Crippen molar-refractivity contribution in [3.8, 4) is 5.75 Å². The predicted octanol–water partition coefficient (Wildman–Crippen LogP) is 6.90. The van der Waals surface area contributed by atoms with Gasteiger partial charge in [0.2, 0.25) is 0 Å². The first kappa shape index (κ1) is 18.7. The van der Waals surface area contributed by atoms with Gasteiger partial charge in [0.15, 0.2) is 0 Å². The summed E-state index contributed by atoms with van der Waals surface area (Å²) in [5.74, 6) is 1.57. The molecule has 1 aliphatic rings. The molecule has 0 aliphatic carbocycles. The minimum atomic E-state index is 0.588. The summed E-state index contributed by atoms with van der Waals surface area (Å²) in [6, 6.07) is 15.1. The first-order valence-electron chi connectivity index (χ1n) is 9.00. The van der Waals surface area contributed by atoms with Crippen LogP contribution < -0.4 is 9.64 Å². The van der Waals surface area contributed by atoms with Crippen molar-refractivity contribution in [2.45, 2.75) is 43.3 Å². The summed E-state index contributed by atoms with van der Waals surface area (Å²) < 4.78 is 6.55. The average Bonchev–Trinajstić information content (AvgIpc) is 2.76. The van der Waals surface area contributed by atoms with E-state index in [9.17, 15) is 0 Å². The van der Waals surface area contributed by atoms with Crippen molar-refractivity contribution in [1.29, 1.82) is 0 Å². The molecular weight excluding hydrogens is 394 g/mol. The molecule has 0 fully saturated rings. The number of benzene rings is 2. The number of thioether (sulfide) groups is 1. The Morgan fingerprint density at radius 1 is 1.24 bits per heavy atom. The van der Waals surface area contributed by atoms with Gasteiger partial charge in [-0.2, -0.15) is 0 Å². The molecule has 2 atom stereocenters. The molecule has 1 heterocycles. The van der Waals surface area contributed by atoms with E-state index < -0.39 is 0 Å². The van der Waals surface area contributed by atoms with Gasteiger partial charge in [-0.25, -0.2) is 0 Å². The number of rotatable bonds is 5. The molecule has 3 rings (SSSR count). The van der Waals surface area contributed by atoms with Crippen molar-refractivity contribution >= 4 is 39.1 Å². The molecule has 134 valence electrons. The van der Waals surface area contributed by atoms with Gasteiger partial charge >= 0.3 is 0 Å². The third-order valence-corrected chi connectivity index (χ3v) is 6.87. The molecule has 0 radical (unpaired) electrons. The van der Waals surface area contributed by atoms with Crippen LogP contribution in [0.4, 0.5) is 11.4 Å². The number of para-hydroxylation sites is 1. The van der Waals surface area contributed by atoms with E-state index in [1.165, 1.54) is 35.5 Å². The molecule has 2 unspecified atom stereocenters. The molecule has 25 heavy (non-hydrogen) atoms. The second-order valence-corrected chi connectivity index (χ2v) is 8.90. The number of unbranched alkanes of at least 4 members (excludes halogenated alkanes) is 1. The van der Waals surface area contributed by atoms with E-state index >= 15 is 0 Å². The average molecular weight is 420 g/mol. The maximum atomic E-state index is 5.54. The normalized spacial score (nSPS) is 20.1. The first-order chi connectivity index (χ1) is 12.1. The lowest BCUT2D eigenvalue weighted by molar-refractivity contribution is 0.411. The predicted molar refractivity (Wildman–Crippen MR) is 112 cm³/mol. The van der Waals surface area contributed by atoms with E-state index in [0.29, 0.717) is 11.2 Å². The van der Waals surface area contributed by atoms with Crippen LogP contribution >= 0.6 is 27.7 Å². The van der Waals surface area contributed by atoms with E-state index in [4.69, 9.17) is 4.74 Å². The summed E-state index contributed by atoms with van der Waals surface area (Å²) in [6.45, 7) is 5.71. The highest BCUT2D eigenvalue weighted by Gasteiger charge is 2.29. The molecule has 2 aromatic rings. The van der Waals surface area contributed by atoms with Gasteiger partial charge in [-0.3, -0.25) is 0 Å². The molecule has 2 nitrogen and oxygen atoms in total. The molecule has 0 saturated heterocycles. The Morgan fingerprint density at radius 3 is 2.68 bits per heavy atom. The Balaban J connectivity index is 2.05.